The van der Waals surface area contributed by atoms with Crippen molar-refractivity contribution < 1.29 is 5.11 Å². The lowest BCUT2D eigenvalue weighted by Crippen LogP contribution is -2.27. The maximum Gasteiger partial charge on any atom is 0.269 e. The average molecular weight is 283 g/mol. The molecule has 0 bridgehead atoms. The number of rotatable bonds is 3. The van der Waals surface area contributed by atoms with Gasteiger partial charge in [-0.05, 0) is 12.1 Å². The Morgan fingerprint density at radius 1 is 1.44 bits per heavy atom. The highest BCUT2D eigenvalue weighted by atomic mass is 79.9. The van der Waals surface area contributed by atoms with Gasteiger partial charge in [-0.3, -0.25) is 4.79 Å². The maximum absolute atomic E-state index is 11.7. The lowest BCUT2D eigenvalue weighted by atomic mass is 10.3. The molecule has 0 saturated carbocycles. The highest BCUT2D eigenvalue weighted by Crippen LogP contribution is 2.09. The molecule has 4 nitrogen and oxygen atoms in total. The summed E-state index contributed by atoms with van der Waals surface area (Å²) in [4.78, 5) is 15.7. The largest absolute Gasteiger partial charge is 0.390 e. The van der Waals surface area contributed by atoms with Crippen LogP contribution in [-0.4, -0.2) is 26.1 Å². The molecule has 2 aromatic rings. The van der Waals surface area contributed by atoms with E-state index in [9.17, 15) is 9.90 Å². The standard InChI is InChI=1S/C11H11BrN2O2/c12-5-8(15)7-14-10-4-2-1-3-9(10)13-6-11(14)16/h1-4,6,8,15H,5,7H2. The normalized spacial score (nSPS) is 12.9. The van der Waals surface area contributed by atoms with Crippen LogP contribution in [0.1, 0.15) is 0 Å². The molecule has 0 fully saturated rings. The van der Waals surface area contributed by atoms with Crippen molar-refractivity contribution in [2.24, 2.45) is 0 Å². The monoisotopic (exact) mass is 282 g/mol. The summed E-state index contributed by atoms with van der Waals surface area (Å²) in [6, 6.07) is 7.38. The molecule has 0 spiro atoms. The van der Waals surface area contributed by atoms with E-state index in [0.29, 0.717) is 5.33 Å². The molecule has 1 atom stereocenters. The van der Waals surface area contributed by atoms with Crippen LogP contribution >= 0.6 is 15.9 Å². The SMILES string of the molecule is O=c1cnc2ccccc2n1CC(O)CBr. The van der Waals surface area contributed by atoms with E-state index in [1.807, 2.05) is 24.3 Å². The van der Waals surface area contributed by atoms with E-state index >= 15 is 0 Å². The fraction of sp³-hybridized carbons (Fsp3) is 0.273. The van der Waals surface area contributed by atoms with Crippen molar-refractivity contribution in [3.63, 3.8) is 0 Å². The minimum Gasteiger partial charge on any atom is -0.390 e. The Balaban J connectivity index is 2.57. The first-order valence-electron chi connectivity index (χ1n) is 4.91. The maximum atomic E-state index is 11.7. The van der Waals surface area contributed by atoms with Crippen LogP contribution in [0.25, 0.3) is 11.0 Å². The Kier molecular flexibility index (Phi) is 3.36. The first-order valence-corrected chi connectivity index (χ1v) is 6.03. The number of benzene rings is 1. The second kappa shape index (κ2) is 4.76. The van der Waals surface area contributed by atoms with Gasteiger partial charge in [-0.1, -0.05) is 28.1 Å². The van der Waals surface area contributed by atoms with Crippen LogP contribution in [0.3, 0.4) is 0 Å². The number of aliphatic hydroxyl groups excluding tert-OH is 1. The summed E-state index contributed by atoms with van der Waals surface area (Å²) >= 11 is 3.18. The van der Waals surface area contributed by atoms with E-state index in [0.717, 1.165) is 11.0 Å². The summed E-state index contributed by atoms with van der Waals surface area (Å²) in [5.74, 6) is 0. The number of fused-ring (bicyclic) bond motifs is 1. The molecule has 1 N–H and O–H groups in total. The molecule has 0 radical (unpaired) electrons. The number of halogens is 1. The number of aliphatic hydroxyl groups is 1. The van der Waals surface area contributed by atoms with Gasteiger partial charge in [0.15, 0.2) is 0 Å². The molecule has 0 saturated heterocycles. The highest BCUT2D eigenvalue weighted by Gasteiger charge is 2.08. The molecule has 5 heteroatoms. The zero-order chi connectivity index (χ0) is 11.5. The minimum atomic E-state index is -0.580. The fourth-order valence-electron chi connectivity index (χ4n) is 1.56. The van der Waals surface area contributed by atoms with E-state index < -0.39 is 6.10 Å². The second-order valence-electron chi connectivity index (χ2n) is 3.50. The predicted molar refractivity (Wildman–Crippen MR) is 65.8 cm³/mol. The van der Waals surface area contributed by atoms with E-state index in [-0.39, 0.29) is 12.1 Å². The Morgan fingerprint density at radius 3 is 2.94 bits per heavy atom. The summed E-state index contributed by atoms with van der Waals surface area (Å²) in [6.07, 6.45) is 0.701. The molecule has 0 aliphatic rings. The molecule has 1 aromatic heterocycles. The molecule has 0 aliphatic carbocycles. The van der Waals surface area contributed by atoms with E-state index in [2.05, 4.69) is 20.9 Å². The van der Waals surface area contributed by atoms with Gasteiger partial charge < -0.3 is 9.67 Å². The third-order valence-corrected chi connectivity index (χ3v) is 3.07. The average Bonchev–Trinajstić information content (AvgIpc) is 2.32. The number of hydrogen-bond acceptors (Lipinski definition) is 3. The molecule has 16 heavy (non-hydrogen) atoms. The van der Waals surface area contributed by atoms with Gasteiger partial charge in [0.25, 0.3) is 5.56 Å². The van der Waals surface area contributed by atoms with Crippen LogP contribution in [0, 0.1) is 0 Å². The highest BCUT2D eigenvalue weighted by molar-refractivity contribution is 9.09. The minimum absolute atomic E-state index is 0.196. The van der Waals surface area contributed by atoms with E-state index in [1.165, 1.54) is 10.8 Å². The quantitative estimate of drug-likeness (QED) is 0.860. The van der Waals surface area contributed by atoms with Gasteiger partial charge in [0.05, 0.1) is 29.9 Å². The van der Waals surface area contributed by atoms with Gasteiger partial charge >= 0.3 is 0 Å². The molecule has 1 unspecified atom stereocenters. The van der Waals surface area contributed by atoms with Gasteiger partial charge in [0.1, 0.15) is 0 Å². The fourth-order valence-corrected chi connectivity index (χ4v) is 1.77. The van der Waals surface area contributed by atoms with Gasteiger partial charge in [0, 0.05) is 5.33 Å². The first-order chi connectivity index (χ1) is 7.72. The number of para-hydroxylation sites is 2. The Hall–Kier alpha value is -1.20. The predicted octanol–water partition coefficient (Wildman–Crippen LogP) is 1.15. The van der Waals surface area contributed by atoms with Gasteiger partial charge in [-0.2, -0.15) is 0 Å². The Morgan fingerprint density at radius 2 is 2.19 bits per heavy atom. The van der Waals surface area contributed by atoms with Crippen molar-refractivity contribution in [3.05, 3.63) is 40.8 Å². The zero-order valence-corrected chi connectivity index (χ0v) is 10.1. The third-order valence-electron chi connectivity index (χ3n) is 2.32. The van der Waals surface area contributed by atoms with Crippen LogP contribution in [0.2, 0.25) is 0 Å². The Bertz CT molecular complexity index is 553. The summed E-state index contributed by atoms with van der Waals surface area (Å²) in [7, 11) is 0. The third kappa shape index (κ3) is 2.15. The van der Waals surface area contributed by atoms with Gasteiger partial charge in [-0.25, -0.2) is 4.98 Å². The van der Waals surface area contributed by atoms with Crippen LogP contribution in [0.15, 0.2) is 35.3 Å². The summed E-state index contributed by atoms with van der Waals surface area (Å²) in [6.45, 7) is 0.271. The molecule has 84 valence electrons. The van der Waals surface area contributed by atoms with Crippen molar-refractivity contribution in [2.45, 2.75) is 12.6 Å². The molecular formula is C11H11BrN2O2. The second-order valence-corrected chi connectivity index (χ2v) is 4.15. The van der Waals surface area contributed by atoms with Crippen molar-refractivity contribution in [1.29, 1.82) is 0 Å². The zero-order valence-electron chi connectivity index (χ0n) is 8.51. The molecule has 0 aliphatic heterocycles. The summed E-state index contributed by atoms with van der Waals surface area (Å²) in [5, 5.41) is 10.0. The number of aromatic nitrogens is 2. The molecule has 2 rings (SSSR count). The van der Waals surface area contributed by atoms with Crippen LogP contribution < -0.4 is 5.56 Å². The Labute approximate surface area is 101 Å². The number of alkyl halides is 1. The van der Waals surface area contributed by atoms with Crippen molar-refractivity contribution >= 4 is 27.0 Å². The molecular weight excluding hydrogens is 272 g/mol. The van der Waals surface area contributed by atoms with Crippen molar-refractivity contribution in [3.8, 4) is 0 Å². The van der Waals surface area contributed by atoms with Gasteiger partial charge in [0.2, 0.25) is 0 Å². The lowest BCUT2D eigenvalue weighted by Gasteiger charge is -2.12. The smallest absolute Gasteiger partial charge is 0.269 e. The van der Waals surface area contributed by atoms with E-state index in [4.69, 9.17) is 0 Å². The van der Waals surface area contributed by atoms with Crippen molar-refractivity contribution in [1.82, 2.24) is 9.55 Å². The van der Waals surface area contributed by atoms with Crippen LogP contribution in [0.4, 0.5) is 0 Å². The van der Waals surface area contributed by atoms with Crippen LogP contribution in [-0.2, 0) is 6.54 Å². The number of hydrogen-bond donors (Lipinski definition) is 1. The van der Waals surface area contributed by atoms with Crippen molar-refractivity contribution in [2.75, 3.05) is 5.33 Å². The topological polar surface area (TPSA) is 55.1 Å². The number of nitrogens with zero attached hydrogens (tertiary/aromatic N) is 2. The van der Waals surface area contributed by atoms with E-state index in [1.54, 1.807) is 0 Å². The molecule has 0 amide bonds. The summed E-state index contributed by atoms with van der Waals surface area (Å²) in [5.41, 5.74) is 1.30. The van der Waals surface area contributed by atoms with Crippen LogP contribution in [0.5, 0.6) is 0 Å². The molecule has 1 aromatic carbocycles. The molecule has 1 heterocycles. The first kappa shape index (κ1) is 11.3. The van der Waals surface area contributed by atoms with Gasteiger partial charge in [-0.15, -0.1) is 0 Å². The summed E-state index contributed by atoms with van der Waals surface area (Å²) < 4.78 is 1.54. The lowest BCUT2D eigenvalue weighted by molar-refractivity contribution is 0.179.